The molecule has 0 spiro atoms. The average Bonchev–Trinajstić information content (AvgIpc) is 2.54. The summed E-state index contributed by atoms with van der Waals surface area (Å²) in [6.45, 7) is 5.87. The predicted octanol–water partition coefficient (Wildman–Crippen LogP) is 1.83. The van der Waals surface area contributed by atoms with E-state index >= 15 is 0 Å². The van der Waals surface area contributed by atoms with Gasteiger partial charge in [-0.1, -0.05) is 0 Å². The van der Waals surface area contributed by atoms with Crippen LogP contribution in [0.25, 0.3) is 0 Å². The third kappa shape index (κ3) is 5.46. The van der Waals surface area contributed by atoms with Crippen LogP contribution in [-0.2, 0) is 0 Å². The molecule has 1 fully saturated rings. The van der Waals surface area contributed by atoms with Crippen molar-refractivity contribution in [2.75, 3.05) is 32.1 Å². The first kappa shape index (κ1) is 17.0. The van der Waals surface area contributed by atoms with Crippen LogP contribution in [0.15, 0.2) is 24.3 Å². The van der Waals surface area contributed by atoms with E-state index in [0.717, 1.165) is 30.4 Å². The molecule has 5 heteroatoms. The van der Waals surface area contributed by atoms with E-state index in [1.165, 1.54) is 32.4 Å². The Balaban J connectivity index is 1.62. The van der Waals surface area contributed by atoms with Crippen LogP contribution in [0, 0.1) is 0 Å². The summed E-state index contributed by atoms with van der Waals surface area (Å²) in [5, 5.41) is 7.18. The first-order valence-electron chi connectivity index (χ1n) is 8.22. The third-order valence-electron chi connectivity index (χ3n) is 4.39. The average molecular weight is 322 g/mol. The van der Waals surface area contributed by atoms with Gasteiger partial charge in [-0.15, -0.1) is 0 Å². The Morgan fingerprint density at radius 2 is 2.09 bits per heavy atom. The van der Waals surface area contributed by atoms with Gasteiger partial charge in [0.25, 0.3) is 0 Å². The molecule has 1 aliphatic heterocycles. The summed E-state index contributed by atoms with van der Waals surface area (Å²) < 4.78 is 5.14. The molecule has 2 rings (SSSR count). The summed E-state index contributed by atoms with van der Waals surface area (Å²) in [5.41, 5.74) is 0.980. The monoisotopic (exact) mass is 322 g/mol. The van der Waals surface area contributed by atoms with Crippen LogP contribution < -0.4 is 20.3 Å². The third-order valence-corrected chi connectivity index (χ3v) is 4.64. The molecule has 1 aliphatic rings. The van der Waals surface area contributed by atoms with Gasteiger partial charge < -0.3 is 20.3 Å². The molecule has 1 saturated heterocycles. The summed E-state index contributed by atoms with van der Waals surface area (Å²) in [6.07, 6.45) is 5.31. The Hall–Kier alpha value is -1.33. The Morgan fingerprint density at radius 1 is 1.32 bits per heavy atom. The van der Waals surface area contributed by atoms with E-state index < -0.39 is 0 Å². The lowest BCUT2D eigenvalue weighted by molar-refractivity contribution is -0.928. The number of piperidine rings is 1. The quantitative estimate of drug-likeness (QED) is 0.552. The molecule has 22 heavy (non-hydrogen) atoms. The van der Waals surface area contributed by atoms with Gasteiger partial charge in [0.15, 0.2) is 5.11 Å². The van der Waals surface area contributed by atoms with Crippen molar-refractivity contribution < 1.29 is 9.64 Å². The van der Waals surface area contributed by atoms with Crippen LogP contribution in [0.2, 0.25) is 0 Å². The van der Waals surface area contributed by atoms with Crippen molar-refractivity contribution in [3.05, 3.63) is 24.3 Å². The summed E-state index contributed by atoms with van der Waals surface area (Å²) in [5.74, 6) is 0.850. The molecule has 4 nitrogen and oxygen atoms in total. The minimum atomic E-state index is 0.687. The molecule has 0 aliphatic carbocycles. The topological polar surface area (TPSA) is 37.7 Å². The molecule has 0 radical (unpaired) electrons. The van der Waals surface area contributed by atoms with Crippen molar-refractivity contribution in [2.45, 2.75) is 38.6 Å². The van der Waals surface area contributed by atoms with Crippen LogP contribution >= 0.6 is 12.2 Å². The SMILES string of the molecule is COc1ccc(NC(=S)NCCC[NH+]2CCCC[C@H]2C)cc1. The minimum Gasteiger partial charge on any atom is -0.497 e. The van der Waals surface area contributed by atoms with Gasteiger partial charge in [-0.2, -0.15) is 0 Å². The van der Waals surface area contributed by atoms with E-state index in [-0.39, 0.29) is 0 Å². The van der Waals surface area contributed by atoms with Crippen molar-refractivity contribution in [1.29, 1.82) is 0 Å². The summed E-state index contributed by atoms with van der Waals surface area (Å²) in [6, 6.07) is 8.59. The number of ether oxygens (including phenoxy) is 1. The number of methoxy groups -OCH3 is 1. The zero-order valence-electron chi connectivity index (χ0n) is 13.7. The maximum Gasteiger partial charge on any atom is 0.170 e. The van der Waals surface area contributed by atoms with Gasteiger partial charge in [0, 0.05) is 18.7 Å². The second kappa shape index (κ2) is 8.96. The summed E-state index contributed by atoms with van der Waals surface area (Å²) >= 11 is 5.33. The highest BCUT2D eigenvalue weighted by atomic mass is 32.1. The van der Waals surface area contributed by atoms with Crippen LogP contribution in [0.4, 0.5) is 5.69 Å². The molecule has 0 saturated carbocycles. The lowest BCUT2D eigenvalue weighted by Crippen LogP contribution is -3.16. The second-order valence-electron chi connectivity index (χ2n) is 6.02. The normalized spacial score (nSPS) is 21.2. The number of rotatable bonds is 6. The first-order chi connectivity index (χ1) is 10.7. The van der Waals surface area contributed by atoms with E-state index in [2.05, 4.69) is 17.6 Å². The molecule has 1 heterocycles. The maximum atomic E-state index is 5.33. The number of anilines is 1. The van der Waals surface area contributed by atoms with Crippen molar-refractivity contribution >= 4 is 23.0 Å². The Kier molecular flexibility index (Phi) is 6.93. The fraction of sp³-hybridized carbons (Fsp3) is 0.588. The molecule has 0 amide bonds. The van der Waals surface area contributed by atoms with E-state index in [0.29, 0.717) is 5.11 Å². The molecule has 0 aromatic heterocycles. The van der Waals surface area contributed by atoms with Gasteiger partial charge in [0.2, 0.25) is 0 Å². The lowest BCUT2D eigenvalue weighted by Gasteiger charge is -2.30. The molecular formula is C17H28N3OS+. The lowest BCUT2D eigenvalue weighted by atomic mass is 10.0. The highest BCUT2D eigenvalue weighted by Gasteiger charge is 2.20. The first-order valence-corrected chi connectivity index (χ1v) is 8.63. The smallest absolute Gasteiger partial charge is 0.170 e. The maximum absolute atomic E-state index is 5.33. The number of thiocarbonyl (C=S) groups is 1. The minimum absolute atomic E-state index is 0.687. The standard InChI is InChI=1S/C17H27N3OS/c1-14-6-3-4-12-20(14)13-5-11-18-17(22)19-15-7-9-16(21-2)10-8-15/h7-10,14H,3-6,11-13H2,1-2H3,(H2,18,19,22)/p+1/t14-/m1/s1. The Bertz CT molecular complexity index is 463. The van der Waals surface area contributed by atoms with Gasteiger partial charge in [-0.25, -0.2) is 0 Å². The number of hydrogen-bond donors (Lipinski definition) is 3. The fourth-order valence-electron chi connectivity index (χ4n) is 2.99. The number of nitrogens with one attached hydrogen (secondary N) is 3. The van der Waals surface area contributed by atoms with E-state index in [9.17, 15) is 0 Å². The highest BCUT2D eigenvalue weighted by Crippen LogP contribution is 2.14. The van der Waals surface area contributed by atoms with Gasteiger partial charge in [0.05, 0.1) is 26.2 Å². The van der Waals surface area contributed by atoms with Crippen LogP contribution in [0.1, 0.15) is 32.6 Å². The zero-order chi connectivity index (χ0) is 15.8. The molecule has 0 bridgehead atoms. The van der Waals surface area contributed by atoms with Gasteiger partial charge in [-0.05, 0) is 62.7 Å². The number of benzene rings is 1. The van der Waals surface area contributed by atoms with Gasteiger partial charge >= 0.3 is 0 Å². The van der Waals surface area contributed by atoms with E-state index in [4.69, 9.17) is 17.0 Å². The van der Waals surface area contributed by atoms with E-state index in [1.807, 2.05) is 24.3 Å². The molecular weight excluding hydrogens is 294 g/mol. The predicted molar refractivity (Wildman–Crippen MR) is 95.8 cm³/mol. The van der Waals surface area contributed by atoms with Crippen molar-refractivity contribution in [1.82, 2.24) is 5.32 Å². The second-order valence-corrected chi connectivity index (χ2v) is 6.43. The fourth-order valence-corrected chi connectivity index (χ4v) is 3.21. The zero-order valence-corrected chi connectivity index (χ0v) is 14.5. The van der Waals surface area contributed by atoms with Crippen molar-refractivity contribution in [3.8, 4) is 5.75 Å². The van der Waals surface area contributed by atoms with Crippen LogP contribution in [-0.4, -0.2) is 37.9 Å². The molecule has 1 unspecified atom stereocenters. The molecule has 2 atom stereocenters. The van der Waals surface area contributed by atoms with Crippen LogP contribution in [0.5, 0.6) is 5.75 Å². The van der Waals surface area contributed by atoms with Crippen molar-refractivity contribution in [3.63, 3.8) is 0 Å². The van der Waals surface area contributed by atoms with Gasteiger partial charge in [-0.3, -0.25) is 0 Å². The number of quaternary nitrogens is 1. The molecule has 3 N–H and O–H groups in total. The Morgan fingerprint density at radius 3 is 2.77 bits per heavy atom. The molecule has 122 valence electrons. The summed E-state index contributed by atoms with van der Waals surface area (Å²) in [4.78, 5) is 1.75. The van der Waals surface area contributed by atoms with Crippen molar-refractivity contribution in [2.24, 2.45) is 0 Å². The summed E-state index contributed by atoms with van der Waals surface area (Å²) in [7, 11) is 1.67. The number of likely N-dealkylation sites (tertiary alicyclic amines) is 1. The molecule has 1 aromatic rings. The highest BCUT2D eigenvalue weighted by molar-refractivity contribution is 7.80. The Labute approximate surface area is 139 Å². The molecule has 1 aromatic carbocycles. The van der Waals surface area contributed by atoms with Gasteiger partial charge in [0.1, 0.15) is 5.75 Å². The van der Waals surface area contributed by atoms with E-state index in [1.54, 1.807) is 12.0 Å². The largest absolute Gasteiger partial charge is 0.497 e. The number of hydrogen-bond acceptors (Lipinski definition) is 2. The van der Waals surface area contributed by atoms with Crippen LogP contribution in [0.3, 0.4) is 0 Å².